The summed E-state index contributed by atoms with van der Waals surface area (Å²) in [6.45, 7) is 3.13. The minimum atomic E-state index is -1.04. The maximum absolute atomic E-state index is 13.2. The van der Waals surface area contributed by atoms with Crippen molar-refractivity contribution < 1.29 is 43.8 Å². The van der Waals surface area contributed by atoms with Crippen LogP contribution >= 0.6 is 22.7 Å². The van der Waals surface area contributed by atoms with Crippen LogP contribution in [-0.2, 0) is 11.3 Å². The predicted molar refractivity (Wildman–Crippen MR) is 122 cm³/mol. The molecule has 0 aliphatic heterocycles. The summed E-state index contributed by atoms with van der Waals surface area (Å²) in [6, 6.07) is 11.1. The van der Waals surface area contributed by atoms with E-state index in [1.54, 1.807) is 34.8 Å². The molecule has 1 aromatic carbocycles. The Morgan fingerprint density at radius 3 is 2.44 bits per heavy atom. The second kappa shape index (κ2) is 11.7. The topological polar surface area (TPSA) is 56.3 Å². The van der Waals surface area contributed by atoms with Crippen LogP contribution in [0.5, 0.6) is 0 Å². The predicted octanol–water partition coefficient (Wildman–Crippen LogP) is 2.24. The molecule has 0 saturated heterocycles. The molecule has 0 unspecified atom stereocenters. The Bertz CT molecular complexity index is 1010. The number of thiophene rings is 1. The Labute approximate surface area is 218 Å². The zero-order chi connectivity index (χ0) is 21.8. The molecular weight excluding hydrogens is 454 g/mol. The first kappa shape index (κ1) is 25.4. The van der Waals surface area contributed by atoms with E-state index in [0.717, 1.165) is 36.5 Å². The van der Waals surface area contributed by atoms with Gasteiger partial charge in [0.15, 0.2) is 5.13 Å². The standard InChI is InChI=1S/C24H27FN2O2S2.Na/c1-16-2-11-21(31-16)14-27(13-12-23(28)29)24-26-22(15-30-24)19-5-3-17(4-6-19)18-7-9-20(25)10-8-18;/h2,7-11,15,17,19H,3-6,12-14H2,1H3,(H,28,29);/q;+1/p-1. The molecular formula is C24H26FN2NaO2S2. The molecule has 8 heteroatoms. The number of aryl methyl sites for hydroxylation is 1. The first-order valence-electron chi connectivity index (χ1n) is 10.7. The van der Waals surface area contributed by atoms with Crippen molar-refractivity contribution in [1.82, 2.24) is 4.98 Å². The summed E-state index contributed by atoms with van der Waals surface area (Å²) in [5.41, 5.74) is 2.33. The number of rotatable bonds is 8. The van der Waals surface area contributed by atoms with Crippen LogP contribution in [0.25, 0.3) is 0 Å². The van der Waals surface area contributed by atoms with Crippen LogP contribution in [0.15, 0.2) is 41.8 Å². The molecule has 0 bridgehead atoms. The van der Waals surface area contributed by atoms with Gasteiger partial charge in [-0.2, -0.15) is 0 Å². The van der Waals surface area contributed by atoms with Gasteiger partial charge in [0, 0.05) is 40.0 Å². The van der Waals surface area contributed by atoms with Crippen LogP contribution in [0.4, 0.5) is 9.52 Å². The van der Waals surface area contributed by atoms with E-state index in [2.05, 4.69) is 29.3 Å². The van der Waals surface area contributed by atoms with E-state index in [0.29, 0.717) is 24.9 Å². The Balaban J connectivity index is 0.00000289. The maximum atomic E-state index is 13.2. The van der Waals surface area contributed by atoms with Crippen LogP contribution in [0.1, 0.15) is 65.0 Å². The second-order valence-corrected chi connectivity index (χ2v) is 10.4. The fraction of sp³-hybridized carbons (Fsp3) is 0.417. The van der Waals surface area contributed by atoms with Gasteiger partial charge >= 0.3 is 29.6 Å². The van der Waals surface area contributed by atoms with Crippen LogP contribution < -0.4 is 39.6 Å². The van der Waals surface area contributed by atoms with Gasteiger partial charge < -0.3 is 14.8 Å². The number of carboxylic acid groups (broad SMARTS) is 1. The Morgan fingerprint density at radius 1 is 1.12 bits per heavy atom. The number of carbonyl (C=O) groups is 1. The smallest absolute Gasteiger partial charge is 0.550 e. The van der Waals surface area contributed by atoms with E-state index in [-0.39, 0.29) is 41.8 Å². The number of aromatic nitrogens is 1. The van der Waals surface area contributed by atoms with Gasteiger partial charge in [0.1, 0.15) is 5.82 Å². The summed E-state index contributed by atoms with van der Waals surface area (Å²) in [5.74, 6) is -0.318. The Kier molecular flexibility index (Phi) is 9.32. The van der Waals surface area contributed by atoms with Crippen molar-refractivity contribution in [1.29, 1.82) is 0 Å². The summed E-state index contributed by atoms with van der Waals surface area (Å²) in [6.07, 6.45) is 4.27. The number of hydrogen-bond acceptors (Lipinski definition) is 6. The zero-order valence-electron chi connectivity index (χ0n) is 18.6. The number of halogens is 1. The summed E-state index contributed by atoms with van der Waals surface area (Å²) < 4.78 is 13.2. The minimum Gasteiger partial charge on any atom is -0.550 e. The van der Waals surface area contributed by atoms with E-state index < -0.39 is 5.97 Å². The first-order chi connectivity index (χ1) is 15.0. The van der Waals surface area contributed by atoms with Crippen molar-refractivity contribution in [3.05, 3.63) is 68.6 Å². The summed E-state index contributed by atoms with van der Waals surface area (Å²) in [7, 11) is 0. The summed E-state index contributed by atoms with van der Waals surface area (Å²) in [4.78, 5) is 20.4. The molecule has 1 aliphatic carbocycles. The van der Waals surface area contributed by atoms with E-state index in [9.17, 15) is 14.3 Å². The third kappa shape index (κ3) is 6.64. The molecule has 32 heavy (non-hydrogen) atoms. The van der Waals surface area contributed by atoms with Crippen molar-refractivity contribution in [2.45, 2.75) is 57.4 Å². The number of anilines is 1. The van der Waals surface area contributed by atoms with Gasteiger partial charge in [-0.25, -0.2) is 9.37 Å². The molecule has 0 spiro atoms. The molecule has 0 N–H and O–H groups in total. The average molecular weight is 481 g/mol. The number of carboxylic acids is 1. The van der Waals surface area contributed by atoms with Gasteiger partial charge in [-0.1, -0.05) is 12.1 Å². The molecule has 1 aliphatic rings. The summed E-state index contributed by atoms with van der Waals surface area (Å²) >= 11 is 3.32. The van der Waals surface area contributed by atoms with Crippen LogP contribution in [0.3, 0.4) is 0 Å². The van der Waals surface area contributed by atoms with Gasteiger partial charge in [0.25, 0.3) is 0 Å². The second-order valence-electron chi connectivity index (χ2n) is 8.21. The summed E-state index contributed by atoms with van der Waals surface area (Å²) in [5, 5.41) is 14.0. The van der Waals surface area contributed by atoms with Gasteiger partial charge in [0.2, 0.25) is 0 Å². The maximum Gasteiger partial charge on any atom is 1.00 e. The zero-order valence-corrected chi connectivity index (χ0v) is 22.2. The Morgan fingerprint density at radius 2 is 1.81 bits per heavy atom. The van der Waals surface area contributed by atoms with Crippen molar-refractivity contribution in [3.8, 4) is 0 Å². The molecule has 2 aromatic heterocycles. The first-order valence-corrected chi connectivity index (χ1v) is 12.4. The molecule has 0 amide bonds. The largest absolute Gasteiger partial charge is 1.00 e. The molecule has 1 fully saturated rings. The van der Waals surface area contributed by atoms with Gasteiger partial charge in [-0.05, 0) is 68.4 Å². The average Bonchev–Trinajstić information content (AvgIpc) is 3.41. The van der Waals surface area contributed by atoms with Gasteiger partial charge in [0.05, 0.1) is 12.2 Å². The number of hydrogen-bond donors (Lipinski definition) is 0. The van der Waals surface area contributed by atoms with Crippen molar-refractivity contribution in [2.75, 3.05) is 11.4 Å². The number of carbonyl (C=O) groups excluding carboxylic acids is 1. The van der Waals surface area contributed by atoms with Crippen molar-refractivity contribution in [3.63, 3.8) is 0 Å². The number of benzene rings is 1. The third-order valence-corrected chi connectivity index (χ3v) is 7.90. The molecule has 1 saturated carbocycles. The van der Waals surface area contributed by atoms with Crippen LogP contribution in [-0.4, -0.2) is 17.5 Å². The van der Waals surface area contributed by atoms with Crippen molar-refractivity contribution >= 4 is 33.8 Å². The van der Waals surface area contributed by atoms with E-state index in [1.165, 1.54) is 15.3 Å². The molecule has 0 atom stereocenters. The van der Waals surface area contributed by atoms with Crippen LogP contribution in [0.2, 0.25) is 0 Å². The SMILES string of the molecule is Cc1ccc(CN(CCC(=O)[O-])c2nc(C3CCC(c4ccc(F)cc4)CC3)cs2)s1.[Na+]. The molecule has 0 radical (unpaired) electrons. The van der Waals surface area contributed by atoms with E-state index in [1.807, 2.05) is 12.1 Å². The molecule has 4 nitrogen and oxygen atoms in total. The molecule has 164 valence electrons. The van der Waals surface area contributed by atoms with Crippen molar-refractivity contribution in [2.24, 2.45) is 0 Å². The molecule has 3 aromatic rings. The van der Waals surface area contributed by atoms with E-state index >= 15 is 0 Å². The van der Waals surface area contributed by atoms with Gasteiger partial charge in [-0.15, -0.1) is 22.7 Å². The number of aliphatic carboxylic acids is 1. The number of nitrogens with zero attached hydrogens (tertiary/aromatic N) is 2. The van der Waals surface area contributed by atoms with Gasteiger partial charge in [-0.3, -0.25) is 0 Å². The fourth-order valence-electron chi connectivity index (χ4n) is 4.29. The minimum absolute atomic E-state index is 0. The van der Waals surface area contributed by atoms with Crippen LogP contribution in [0, 0.1) is 12.7 Å². The number of thiazole rings is 1. The third-order valence-electron chi connectivity index (χ3n) is 6.00. The monoisotopic (exact) mass is 480 g/mol. The van der Waals surface area contributed by atoms with E-state index in [4.69, 9.17) is 4.98 Å². The Hall–Kier alpha value is -1.25. The quantitative estimate of drug-likeness (QED) is 0.464. The molecule has 2 heterocycles. The normalized spacial score (nSPS) is 18.2. The molecule has 4 rings (SSSR count). The fourth-order valence-corrected chi connectivity index (χ4v) is 6.13.